The average molecular weight is 433 g/mol. The summed E-state index contributed by atoms with van der Waals surface area (Å²) in [5.74, 6) is -0.107. The molecule has 0 aliphatic rings. The van der Waals surface area contributed by atoms with E-state index >= 15 is 0 Å². The molecule has 11 heteroatoms. The van der Waals surface area contributed by atoms with Crippen LogP contribution in [0.15, 0.2) is 24.3 Å². The molecule has 3 rings (SSSR count). The summed E-state index contributed by atoms with van der Waals surface area (Å²) in [6, 6.07) is 7.66. The predicted octanol–water partition coefficient (Wildman–Crippen LogP) is 3.26. The Balaban J connectivity index is 1.76. The fourth-order valence-electron chi connectivity index (χ4n) is 3.07. The van der Waals surface area contributed by atoms with Crippen LogP contribution in [0.4, 0.5) is 11.5 Å². The number of aromatic nitrogens is 4. The quantitative estimate of drug-likeness (QED) is 0.452. The van der Waals surface area contributed by atoms with E-state index in [0.29, 0.717) is 23.6 Å². The molecular weight excluding hydrogens is 412 g/mol. The molecule has 1 aromatic carbocycles. The summed E-state index contributed by atoms with van der Waals surface area (Å²) in [4.78, 5) is 22.8. The number of aryl methyl sites for hydroxylation is 1. The summed E-state index contributed by atoms with van der Waals surface area (Å²) in [5.41, 5.74) is 3.38. The van der Waals surface area contributed by atoms with Crippen molar-refractivity contribution in [2.75, 3.05) is 12.4 Å². The number of amides is 1. The van der Waals surface area contributed by atoms with Crippen LogP contribution < -0.4 is 10.1 Å². The fraction of sp³-hybridized carbons (Fsp3) is 0.316. The van der Waals surface area contributed by atoms with Gasteiger partial charge < -0.3 is 20.2 Å². The zero-order valence-corrected chi connectivity index (χ0v) is 17.7. The molecule has 0 saturated carbocycles. The zero-order valence-electron chi connectivity index (χ0n) is 17.0. The second-order valence-electron chi connectivity index (χ2n) is 6.74. The van der Waals surface area contributed by atoms with E-state index in [4.69, 9.17) is 16.3 Å². The van der Waals surface area contributed by atoms with Crippen molar-refractivity contribution in [3.63, 3.8) is 0 Å². The first kappa shape index (κ1) is 21.3. The molecule has 0 fully saturated rings. The van der Waals surface area contributed by atoms with Gasteiger partial charge in [0.25, 0.3) is 0 Å². The zero-order chi connectivity index (χ0) is 22.0. The van der Waals surface area contributed by atoms with E-state index in [2.05, 4.69) is 15.5 Å². The molecule has 30 heavy (non-hydrogen) atoms. The van der Waals surface area contributed by atoms with Gasteiger partial charge in [0.2, 0.25) is 5.91 Å². The lowest BCUT2D eigenvalue weighted by Crippen LogP contribution is -2.21. The maximum Gasteiger partial charge on any atom is 0.408 e. The molecule has 3 aromatic rings. The number of ether oxygens (including phenoxy) is 1. The van der Waals surface area contributed by atoms with Crippen molar-refractivity contribution in [2.45, 2.75) is 33.9 Å². The Bertz CT molecular complexity index is 1120. The first-order chi connectivity index (χ1) is 14.2. The Kier molecular flexibility index (Phi) is 6.06. The van der Waals surface area contributed by atoms with E-state index < -0.39 is 10.7 Å². The molecule has 2 aromatic heterocycles. The van der Waals surface area contributed by atoms with Crippen molar-refractivity contribution < 1.29 is 14.5 Å². The number of benzene rings is 1. The Morgan fingerprint density at radius 1 is 1.23 bits per heavy atom. The smallest absolute Gasteiger partial charge is 0.408 e. The highest BCUT2D eigenvalue weighted by molar-refractivity contribution is 6.33. The molecular formula is C19H21ClN6O4. The van der Waals surface area contributed by atoms with E-state index in [-0.39, 0.29) is 17.5 Å². The van der Waals surface area contributed by atoms with E-state index in [1.807, 2.05) is 31.2 Å². The number of nitrogens with one attached hydrogen (secondary N) is 1. The van der Waals surface area contributed by atoms with E-state index in [1.54, 1.807) is 25.6 Å². The van der Waals surface area contributed by atoms with Crippen LogP contribution in [0.25, 0.3) is 0 Å². The van der Waals surface area contributed by atoms with Gasteiger partial charge in [-0.3, -0.25) is 9.48 Å². The molecule has 0 radical (unpaired) electrons. The van der Waals surface area contributed by atoms with Crippen LogP contribution in [-0.2, 0) is 17.9 Å². The van der Waals surface area contributed by atoms with Crippen molar-refractivity contribution >= 4 is 29.0 Å². The summed E-state index contributed by atoms with van der Waals surface area (Å²) in [7, 11) is 1.61. The highest BCUT2D eigenvalue weighted by Gasteiger charge is 2.25. The Labute approximate surface area is 177 Å². The van der Waals surface area contributed by atoms with E-state index in [9.17, 15) is 14.9 Å². The summed E-state index contributed by atoms with van der Waals surface area (Å²) >= 11 is 5.93. The summed E-state index contributed by atoms with van der Waals surface area (Å²) in [5, 5.41) is 22.0. The number of nitrogens with zero attached hydrogens (tertiary/aromatic N) is 5. The number of halogens is 1. The van der Waals surface area contributed by atoms with E-state index in [0.717, 1.165) is 17.0 Å². The van der Waals surface area contributed by atoms with Gasteiger partial charge in [0.05, 0.1) is 41.5 Å². The third-order valence-electron chi connectivity index (χ3n) is 4.70. The number of carbonyl (C=O) groups is 1. The molecule has 10 nitrogen and oxygen atoms in total. The maximum absolute atomic E-state index is 12.5. The molecule has 0 unspecified atom stereocenters. The van der Waals surface area contributed by atoms with Crippen molar-refractivity contribution in [1.82, 2.24) is 19.6 Å². The van der Waals surface area contributed by atoms with Crippen molar-refractivity contribution in [2.24, 2.45) is 0 Å². The number of rotatable bonds is 7. The van der Waals surface area contributed by atoms with Gasteiger partial charge in [0.1, 0.15) is 12.3 Å². The van der Waals surface area contributed by atoms with Crippen molar-refractivity contribution in [3.05, 3.63) is 62.0 Å². The van der Waals surface area contributed by atoms with Crippen molar-refractivity contribution in [3.8, 4) is 5.75 Å². The number of methoxy groups -OCH3 is 1. The van der Waals surface area contributed by atoms with Gasteiger partial charge in [0, 0.05) is 0 Å². The third-order valence-corrected chi connectivity index (χ3v) is 5.14. The van der Waals surface area contributed by atoms with Crippen LogP contribution >= 0.6 is 11.6 Å². The van der Waals surface area contributed by atoms with Crippen LogP contribution in [0, 0.1) is 30.9 Å². The molecule has 0 aliphatic carbocycles. The second kappa shape index (κ2) is 8.54. The number of hydrogen-bond donors (Lipinski definition) is 1. The molecule has 0 aliphatic heterocycles. The molecule has 158 valence electrons. The third kappa shape index (κ3) is 4.28. The van der Waals surface area contributed by atoms with Gasteiger partial charge >= 0.3 is 5.82 Å². The van der Waals surface area contributed by atoms with Crippen molar-refractivity contribution in [1.29, 1.82) is 0 Å². The SMILES string of the molecule is COc1cccc(Cn2nc(C)c(NC(=O)Cn3nc([N+](=O)[O-])c(Cl)c3C)c2C)c1. The molecule has 0 saturated heterocycles. The average Bonchev–Trinajstić information content (AvgIpc) is 3.13. The molecule has 2 heterocycles. The van der Waals surface area contributed by atoms with Crippen LogP contribution in [0.2, 0.25) is 5.02 Å². The van der Waals surface area contributed by atoms with Crippen LogP contribution in [0.5, 0.6) is 5.75 Å². The lowest BCUT2D eigenvalue weighted by molar-refractivity contribution is -0.389. The summed E-state index contributed by atoms with van der Waals surface area (Å²) < 4.78 is 8.25. The lowest BCUT2D eigenvalue weighted by atomic mass is 10.2. The van der Waals surface area contributed by atoms with Gasteiger partial charge in [-0.1, -0.05) is 23.7 Å². The molecule has 1 amide bonds. The Hall–Kier alpha value is -3.40. The normalized spacial score (nSPS) is 10.8. The number of nitro groups is 1. The molecule has 0 spiro atoms. The molecule has 1 N–H and O–H groups in total. The topological polar surface area (TPSA) is 117 Å². The maximum atomic E-state index is 12.5. The first-order valence-corrected chi connectivity index (χ1v) is 9.43. The molecule has 0 bridgehead atoms. The Morgan fingerprint density at radius 2 is 1.97 bits per heavy atom. The number of carbonyl (C=O) groups excluding carboxylic acids is 1. The minimum absolute atomic E-state index is 0.0775. The summed E-state index contributed by atoms with van der Waals surface area (Å²) in [6.07, 6.45) is 0. The van der Waals surface area contributed by atoms with Gasteiger partial charge in [-0.25, -0.2) is 0 Å². The number of anilines is 1. The number of hydrogen-bond acceptors (Lipinski definition) is 6. The highest BCUT2D eigenvalue weighted by atomic mass is 35.5. The predicted molar refractivity (Wildman–Crippen MR) is 111 cm³/mol. The largest absolute Gasteiger partial charge is 0.497 e. The van der Waals surface area contributed by atoms with Crippen LogP contribution in [0.3, 0.4) is 0 Å². The summed E-state index contributed by atoms with van der Waals surface area (Å²) in [6.45, 7) is 5.53. The van der Waals surface area contributed by atoms with Gasteiger partial charge in [-0.2, -0.15) is 9.78 Å². The monoisotopic (exact) mass is 432 g/mol. The minimum Gasteiger partial charge on any atom is -0.497 e. The van der Waals surface area contributed by atoms with Crippen LogP contribution in [0.1, 0.15) is 22.6 Å². The van der Waals surface area contributed by atoms with Crippen LogP contribution in [-0.4, -0.2) is 37.5 Å². The lowest BCUT2D eigenvalue weighted by Gasteiger charge is -2.08. The highest BCUT2D eigenvalue weighted by Crippen LogP contribution is 2.26. The molecule has 0 atom stereocenters. The second-order valence-corrected chi connectivity index (χ2v) is 7.12. The standard InChI is InChI=1S/C19H21ClN6O4/c1-11-18(13(3)24(22-11)9-14-6-5-7-15(8-14)30-4)21-16(27)10-25-12(2)17(20)19(23-25)26(28)29/h5-8H,9-10H2,1-4H3,(H,21,27). The first-order valence-electron chi connectivity index (χ1n) is 9.05. The van der Waals surface area contributed by atoms with Gasteiger partial charge in [0.15, 0.2) is 5.02 Å². The van der Waals surface area contributed by atoms with Gasteiger partial charge in [-0.05, 0) is 43.4 Å². The Morgan fingerprint density at radius 3 is 2.60 bits per heavy atom. The van der Waals surface area contributed by atoms with Gasteiger partial charge in [-0.15, -0.1) is 0 Å². The minimum atomic E-state index is -0.680. The fourth-order valence-corrected chi connectivity index (χ4v) is 3.27. The van der Waals surface area contributed by atoms with E-state index in [1.165, 1.54) is 4.68 Å².